The third-order valence-electron chi connectivity index (χ3n) is 6.16. The number of likely N-dealkylation sites (N-methyl/N-ethyl adjacent to an activating group) is 1. The first kappa shape index (κ1) is 29.6. The van der Waals surface area contributed by atoms with E-state index in [2.05, 4.69) is 71.9 Å². The lowest BCUT2D eigenvalue weighted by molar-refractivity contribution is 0.411. The summed E-state index contributed by atoms with van der Waals surface area (Å²) < 4.78 is 0. The number of nitrogen functional groups attached to an aromatic ring is 1. The van der Waals surface area contributed by atoms with Crippen LogP contribution in [0.2, 0.25) is 0 Å². The largest absolute Gasteiger partial charge is 0.384 e. The monoisotopic (exact) mass is 501 g/mol. The van der Waals surface area contributed by atoms with Crippen molar-refractivity contribution in [1.82, 2.24) is 20.2 Å². The molecule has 4 N–H and O–H groups in total. The molecule has 37 heavy (non-hydrogen) atoms. The van der Waals surface area contributed by atoms with E-state index in [1.54, 1.807) is 20.2 Å². The molecule has 0 fully saturated rings. The molecule has 0 radical (unpaired) electrons. The van der Waals surface area contributed by atoms with E-state index < -0.39 is 0 Å². The second-order valence-electron chi connectivity index (χ2n) is 9.13. The highest BCUT2D eigenvalue weighted by Gasteiger charge is 2.23. The maximum atomic E-state index is 8.26. The predicted octanol–water partition coefficient (Wildman–Crippen LogP) is 5.61. The van der Waals surface area contributed by atoms with Crippen LogP contribution in [0.3, 0.4) is 0 Å². The summed E-state index contributed by atoms with van der Waals surface area (Å²) in [6.45, 7) is 14.9. The van der Waals surface area contributed by atoms with Gasteiger partial charge in [0.2, 0.25) is 0 Å². The van der Waals surface area contributed by atoms with E-state index in [0.29, 0.717) is 11.5 Å². The van der Waals surface area contributed by atoms with Gasteiger partial charge < -0.3 is 26.4 Å². The molecule has 7 nitrogen and oxygen atoms in total. The molecule has 1 aliphatic rings. The van der Waals surface area contributed by atoms with Crippen LogP contribution in [-0.2, 0) is 12.8 Å². The quantitative estimate of drug-likeness (QED) is 0.365. The summed E-state index contributed by atoms with van der Waals surface area (Å²) in [4.78, 5) is 14.8. The van der Waals surface area contributed by atoms with Crippen molar-refractivity contribution >= 4 is 34.8 Å². The summed E-state index contributed by atoms with van der Waals surface area (Å²) in [6, 6.07) is 8.47. The molecule has 1 aromatic carbocycles. The zero-order valence-electron chi connectivity index (χ0n) is 23.4. The minimum atomic E-state index is 0.414. The van der Waals surface area contributed by atoms with Crippen molar-refractivity contribution < 1.29 is 0 Å². The molecule has 0 bridgehead atoms. The standard InChI is InChI=1S/C26H32N6.C2H5N.C2H6/c1-16(27)23-24-20-7-5-6-8-21(20)25(31-22(24)15-30-26(23)28)19-11-9-18(10-12-19)17(2)29-13-14-32(3)4;1-3-2;1-2/h9-12,15,27,29H,2,5-8,13-14H2,1,3-4H3,(H2,28,30);1H2,2H3;1-2H3. The molecule has 0 amide bonds. The topological polar surface area (TPSA) is 103 Å². The summed E-state index contributed by atoms with van der Waals surface area (Å²) in [7, 11) is 5.76. The summed E-state index contributed by atoms with van der Waals surface area (Å²) in [5.74, 6) is 0.414. The van der Waals surface area contributed by atoms with Gasteiger partial charge in [0, 0.05) is 48.1 Å². The van der Waals surface area contributed by atoms with Crippen molar-refractivity contribution in [2.45, 2.75) is 46.5 Å². The molecule has 0 saturated carbocycles. The van der Waals surface area contributed by atoms with Gasteiger partial charge in [0.1, 0.15) is 5.82 Å². The first-order chi connectivity index (χ1) is 17.8. The van der Waals surface area contributed by atoms with Gasteiger partial charge in [-0.05, 0) is 70.1 Å². The molecule has 7 heteroatoms. The second kappa shape index (κ2) is 14.2. The number of aliphatic imine (C=N–C) groups is 1. The number of benzene rings is 1. The van der Waals surface area contributed by atoms with Crippen molar-refractivity contribution in [1.29, 1.82) is 5.41 Å². The molecular formula is C30H43N7. The zero-order valence-corrected chi connectivity index (χ0v) is 23.4. The van der Waals surface area contributed by atoms with Crippen LogP contribution in [0.4, 0.5) is 5.82 Å². The maximum Gasteiger partial charge on any atom is 0.133 e. The van der Waals surface area contributed by atoms with Gasteiger partial charge in [0.15, 0.2) is 0 Å². The van der Waals surface area contributed by atoms with Gasteiger partial charge in [-0.3, -0.25) is 0 Å². The Labute approximate surface area is 222 Å². The maximum absolute atomic E-state index is 8.26. The van der Waals surface area contributed by atoms with Gasteiger partial charge >= 0.3 is 0 Å². The molecule has 198 valence electrons. The molecule has 0 spiro atoms. The summed E-state index contributed by atoms with van der Waals surface area (Å²) in [5.41, 5.74) is 14.8. The fraction of sp³-hybridized carbons (Fsp3) is 0.400. The van der Waals surface area contributed by atoms with Gasteiger partial charge in [-0.1, -0.05) is 44.7 Å². The van der Waals surface area contributed by atoms with Crippen LogP contribution < -0.4 is 11.1 Å². The summed E-state index contributed by atoms with van der Waals surface area (Å²) in [6.07, 6.45) is 6.02. The van der Waals surface area contributed by atoms with Crippen LogP contribution in [0.15, 0.2) is 42.0 Å². The second-order valence-corrected chi connectivity index (χ2v) is 9.13. The number of aryl methyl sites for hydroxylation is 1. The number of nitrogens with zero attached hydrogens (tertiary/aromatic N) is 4. The number of anilines is 1. The van der Waals surface area contributed by atoms with Crippen LogP contribution >= 0.6 is 0 Å². The van der Waals surface area contributed by atoms with Gasteiger partial charge in [-0.25, -0.2) is 9.97 Å². The van der Waals surface area contributed by atoms with Crippen molar-refractivity contribution in [3.63, 3.8) is 0 Å². The first-order valence-electron chi connectivity index (χ1n) is 13.0. The lowest BCUT2D eigenvalue weighted by Crippen LogP contribution is -2.25. The Morgan fingerprint density at radius 3 is 2.30 bits per heavy atom. The Morgan fingerprint density at radius 2 is 1.73 bits per heavy atom. The summed E-state index contributed by atoms with van der Waals surface area (Å²) >= 11 is 0. The highest BCUT2D eigenvalue weighted by atomic mass is 15.1. The molecule has 0 atom stereocenters. The van der Waals surface area contributed by atoms with Gasteiger partial charge in [0.25, 0.3) is 0 Å². The molecule has 2 heterocycles. The van der Waals surface area contributed by atoms with E-state index in [4.69, 9.17) is 16.1 Å². The molecule has 0 saturated heterocycles. The molecular weight excluding hydrogens is 458 g/mol. The van der Waals surface area contributed by atoms with E-state index in [1.165, 1.54) is 11.1 Å². The van der Waals surface area contributed by atoms with Crippen LogP contribution in [0.5, 0.6) is 0 Å². The Bertz CT molecular complexity index is 1230. The van der Waals surface area contributed by atoms with Crippen molar-refractivity contribution in [2.24, 2.45) is 4.99 Å². The number of nitrogens with one attached hydrogen (secondary N) is 2. The highest BCUT2D eigenvalue weighted by Crippen LogP contribution is 2.37. The van der Waals surface area contributed by atoms with E-state index in [9.17, 15) is 0 Å². The lowest BCUT2D eigenvalue weighted by atomic mass is 9.84. The minimum absolute atomic E-state index is 0.414. The average molecular weight is 502 g/mol. The van der Waals surface area contributed by atoms with Gasteiger partial charge in [0.05, 0.1) is 17.4 Å². The summed E-state index contributed by atoms with van der Waals surface area (Å²) in [5, 5.41) is 12.7. The van der Waals surface area contributed by atoms with Gasteiger partial charge in [-0.15, -0.1) is 0 Å². The molecule has 1 aliphatic carbocycles. The van der Waals surface area contributed by atoms with Crippen LogP contribution in [0.1, 0.15) is 55.9 Å². The Hall–Kier alpha value is -3.58. The zero-order chi connectivity index (χ0) is 27.5. The number of nitrogens with two attached hydrogens (primary N) is 1. The average Bonchev–Trinajstić information content (AvgIpc) is 2.89. The number of hydrogen-bond donors (Lipinski definition) is 3. The first-order valence-corrected chi connectivity index (χ1v) is 13.0. The minimum Gasteiger partial charge on any atom is -0.384 e. The predicted molar refractivity (Wildman–Crippen MR) is 161 cm³/mol. The smallest absolute Gasteiger partial charge is 0.133 e. The fourth-order valence-electron chi connectivity index (χ4n) is 4.52. The van der Waals surface area contributed by atoms with Crippen LogP contribution in [-0.4, -0.2) is 61.5 Å². The number of fused-ring (bicyclic) bond motifs is 3. The Morgan fingerprint density at radius 1 is 1.14 bits per heavy atom. The SMILES string of the molecule is C=C(NCCN(C)C)c1ccc(-c2nc3cnc(N)c(C(C)=N)c3c3c2CCCC3)cc1.C=NC.CC. The molecule has 0 aliphatic heterocycles. The van der Waals surface area contributed by atoms with Crippen molar-refractivity contribution in [3.05, 3.63) is 59.3 Å². The van der Waals surface area contributed by atoms with Crippen molar-refractivity contribution in [3.8, 4) is 11.3 Å². The third kappa shape index (κ3) is 7.23. The molecule has 4 rings (SSSR count). The van der Waals surface area contributed by atoms with E-state index >= 15 is 0 Å². The van der Waals surface area contributed by atoms with Crippen molar-refractivity contribution in [2.75, 3.05) is 40.0 Å². The number of aromatic nitrogens is 2. The van der Waals surface area contributed by atoms with E-state index in [-0.39, 0.29) is 0 Å². The van der Waals surface area contributed by atoms with Crippen LogP contribution in [0.25, 0.3) is 27.9 Å². The van der Waals surface area contributed by atoms with Gasteiger partial charge in [-0.2, -0.15) is 0 Å². The number of pyridine rings is 2. The normalized spacial score (nSPS) is 12.0. The van der Waals surface area contributed by atoms with E-state index in [1.807, 2.05) is 13.8 Å². The third-order valence-corrected chi connectivity index (χ3v) is 6.16. The Kier molecular flexibility index (Phi) is 11.4. The highest BCUT2D eigenvalue weighted by molar-refractivity contribution is 6.12. The molecule has 2 aromatic heterocycles. The fourth-order valence-corrected chi connectivity index (χ4v) is 4.52. The number of rotatable bonds is 7. The molecule has 3 aromatic rings. The number of hydrogen-bond acceptors (Lipinski definition) is 7. The van der Waals surface area contributed by atoms with Crippen LogP contribution in [0, 0.1) is 5.41 Å². The molecule has 0 unspecified atom stereocenters. The van der Waals surface area contributed by atoms with E-state index in [0.717, 1.165) is 77.8 Å². The Balaban J connectivity index is 0.000000898. The lowest BCUT2D eigenvalue weighted by Gasteiger charge is -2.23.